The molecule has 1 N–H and O–H groups in total. The van der Waals surface area contributed by atoms with Gasteiger partial charge in [-0.1, -0.05) is 36.4 Å². The molecule has 0 radical (unpaired) electrons. The zero-order valence-corrected chi connectivity index (χ0v) is 13.2. The quantitative estimate of drug-likeness (QED) is 0.878. The molecule has 0 aliphatic carbocycles. The van der Waals surface area contributed by atoms with Crippen LogP contribution in [0.5, 0.6) is 5.75 Å². The van der Waals surface area contributed by atoms with E-state index in [1.165, 1.54) is 24.9 Å². The predicted octanol–water partition coefficient (Wildman–Crippen LogP) is 3.77. The minimum absolute atomic E-state index is 0.603. The van der Waals surface area contributed by atoms with E-state index in [0.29, 0.717) is 6.04 Å². The summed E-state index contributed by atoms with van der Waals surface area (Å²) in [6.07, 6.45) is 2.56. The molecule has 1 atom stereocenters. The molecule has 2 aromatic rings. The minimum atomic E-state index is 0.603. The zero-order chi connectivity index (χ0) is 15.2. The molecule has 3 rings (SSSR count). The first-order valence-electron chi connectivity index (χ1n) is 8.01. The van der Waals surface area contributed by atoms with E-state index in [0.717, 1.165) is 24.5 Å². The van der Waals surface area contributed by atoms with Crippen molar-refractivity contribution in [2.45, 2.75) is 25.4 Å². The fourth-order valence-corrected chi connectivity index (χ4v) is 3.12. The maximum absolute atomic E-state index is 5.28. The van der Waals surface area contributed by atoms with Crippen LogP contribution in [0.1, 0.15) is 18.4 Å². The number of nitrogens with zero attached hydrogens (tertiary/aromatic N) is 1. The molecule has 3 nitrogen and oxygen atoms in total. The van der Waals surface area contributed by atoms with Crippen molar-refractivity contribution >= 4 is 5.69 Å². The second kappa shape index (κ2) is 7.32. The van der Waals surface area contributed by atoms with Gasteiger partial charge in [-0.3, -0.25) is 4.90 Å². The number of hydrogen-bond donors (Lipinski definition) is 1. The molecule has 0 amide bonds. The summed E-state index contributed by atoms with van der Waals surface area (Å²) in [7, 11) is 1.71. The summed E-state index contributed by atoms with van der Waals surface area (Å²) in [4.78, 5) is 2.59. The smallest absolute Gasteiger partial charge is 0.120 e. The monoisotopic (exact) mass is 296 g/mol. The van der Waals surface area contributed by atoms with E-state index in [1.54, 1.807) is 7.11 Å². The highest BCUT2D eigenvalue weighted by atomic mass is 16.5. The van der Waals surface area contributed by atoms with Crippen LogP contribution in [0.3, 0.4) is 0 Å². The topological polar surface area (TPSA) is 24.5 Å². The molecule has 0 spiro atoms. The zero-order valence-electron chi connectivity index (χ0n) is 13.2. The van der Waals surface area contributed by atoms with Gasteiger partial charge in [0.25, 0.3) is 0 Å². The Balaban J connectivity index is 1.57. The van der Waals surface area contributed by atoms with Gasteiger partial charge in [-0.05, 0) is 37.1 Å². The van der Waals surface area contributed by atoms with Crippen molar-refractivity contribution in [1.82, 2.24) is 4.90 Å². The molecule has 3 heteroatoms. The summed E-state index contributed by atoms with van der Waals surface area (Å²) in [5, 5.41) is 3.56. The molecule has 0 aromatic heterocycles. The molecule has 1 saturated heterocycles. The summed E-state index contributed by atoms with van der Waals surface area (Å²) < 4.78 is 5.28. The molecule has 22 heavy (non-hydrogen) atoms. The van der Waals surface area contributed by atoms with Gasteiger partial charge in [0.05, 0.1) is 7.11 Å². The van der Waals surface area contributed by atoms with Gasteiger partial charge in [0.1, 0.15) is 5.75 Å². The van der Waals surface area contributed by atoms with Crippen LogP contribution in [-0.4, -0.2) is 31.1 Å². The van der Waals surface area contributed by atoms with Crippen molar-refractivity contribution in [3.05, 3.63) is 60.2 Å². The Kier molecular flexibility index (Phi) is 4.96. The van der Waals surface area contributed by atoms with Crippen molar-refractivity contribution in [2.24, 2.45) is 0 Å². The van der Waals surface area contributed by atoms with Crippen LogP contribution in [0.25, 0.3) is 0 Å². The molecule has 116 valence electrons. The number of methoxy groups -OCH3 is 1. The Hall–Kier alpha value is -2.00. The third-order valence-corrected chi connectivity index (χ3v) is 4.34. The molecular weight excluding hydrogens is 272 g/mol. The van der Waals surface area contributed by atoms with E-state index in [-0.39, 0.29) is 0 Å². The Labute approximate surface area is 132 Å². The summed E-state index contributed by atoms with van der Waals surface area (Å²) in [6, 6.07) is 19.5. The van der Waals surface area contributed by atoms with Crippen molar-refractivity contribution < 1.29 is 4.74 Å². The van der Waals surface area contributed by atoms with E-state index in [1.807, 2.05) is 12.1 Å². The maximum atomic E-state index is 5.28. The first-order valence-corrected chi connectivity index (χ1v) is 8.01. The molecule has 1 heterocycles. The van der Waals surface area contributed by atoms with Crippen molar-refractivity contribution in [2.75, 3.05) is 25.5 Å². The average molecular weight is 296 g/mol. The van der Waals surface area contributed by atoms with Crippen LogP contribution < -0.4 is 10.1 Å². The number of ether oxygens (including phenoxy) is 1. The summed E-state index contributed by atoms with van der Waals surface area (Å²) in [6.45, 7) is 3.23. The molecule has 1 fully saturated rings. The molecule has 1 unspecified atom stereocenters. The van der Waals surface area contributed by atoms with Gasteiger partial charge in [0.2, 0.25) is 0 Å². The minimum Gasteiger partial charge on any atom is -0.497 e. The van der Waals surface area contributed by atoms with Gasteiger partial charge in [-0.15, -0.1) is 0 Å². The average Bonchev–Trinajstić information content (AvgIpc) is 3.01. The van der Waals surface area contributed by atoms with E-state index in [2.05, 4.69) is 52.7 Å². The maximum Gasteiger partial charge on any atom is 0.120 e. The van der Waals surface area contributed by atoms with Crippen LogP contribution in [0.2, 0.25) is 0 Å². The van der Waals surface area contributed by atoms with Gasteiger partial charge in [0, 0.05) is 30.9 Å². The van der Waals surface area contributed by atoms with Crippen LogP contribution in [0, 0.1) is 0 Å². The standard InChI is InChI=1S/C19H24N2O/c1-22-19-11-5-9-17(13-19)20-14-18-10-6-12-21(18)15-16-7-3-2-4-8-16/h2-5,7-9,11,13,18,20H,6,10,12,14-15H2,1H3. The first kappa shape index (κ1) is 14.9. The number of rotatable bonds is 6. The Morgan fingerprint density at radius 2 is 2.00 bits per heavy atom. The van der Waals surface area contributed by atoms with E-state index in [9.17, 15) is 0 Å². The molecule has 1 aliphatic rings. The first-order chi connectivity index (χ1) is 10.8. The second-order valence-electron chi connectivity index (χ2n) is 5.86. The third-order valence-electron chi connectivity index (χ3n) is 4.34. The lowest BCUT2D eigenvalue weighted by Crippen LogP contribution is -2.34. The van der Waals surface area contributed by atoms with Gasteiger partial charge >= 0.3 is 0 Å². The molecule has 0 saturated carbocycles. The number of benzene rings is 2. The molecular formula is C19H24N2O. The van der Waals surface area contributed by atoms with Crippen LogP contribution >= 0.6 is 0 Å². The van der Waals surface area contributed by atoms with Crippen LogP contribution in [0.15, 0.2) is 54.6 Å². The van der Waals surface area contributed by atoms with Crippen LogP contribution in [0.4, 0.5) is 5.69 Å². The van der Waals surface area contributed by atoms with E-state index < -0.39 is 0 Å². The number of hydrogen-bond acceptors (Lipinski definition) is 3. The van der Waals surface area contributed by atoms with Crippen molar-refractivity contribution in [3.63, 3.8) is 0 Å². The fraction of sp³-hybridized carbons (Fsp3) is 0.368. The van der Waals surface area contributed by atoms with Crippen LogP contribution in [-0.2, 0) is 6.54 Å². The Bertz CT molecular complexity index is 585. The lowest BCUT2D eigenvalue weighted by molar-refractivity contribution is 0.254. The molecule has 0 bridgehead atoms. The number of likely N-dealkylation sites (tertiary alicyclic amines) is 1. The van der Waals surface area contributed by atoms with Crippen molar-refractivity contribution in [3.8, 4) is 5.75 Å². The third kappa shape index (κ3) is 3.80. The van der Waals surface area contributed by atoms with E-state index >= 15 is 0 Å². The van der Waals surface area contributed by atoms with Gasteiger partial charge in [0.15, 0.2) is 0 Å². The highest BCUT2D eigenvalue weighted by Gasteiger charge is 2.24. The Morgan fingerprint density at radius 3 is 2.82 bits per heavy atom. The highest BCUT2D eigenvalue weighted by molar-refractivity contribution is 5.48. The van der Waals surface area contributed by atoms with Gasteiger partial charge in [-0.2, -0.15) is 0 Å². The van der Waals surface area contributed by atoms with E-state index in [4.69, 9.17) is 4.74 Å². The summed E-state index contributed by atoms with van der Waals surface area (Å²) >= 11 is 0. The largest absolute Gasteiger partial charge is 0.497 e. The number of nitrogens with one attached hydrogen (secondary N) is 1. The molecule has 2 aromatic carbocycles. The fourth-order valence-electron chi connectivity index (χ4n) is 3.12. The SMILES string of the molecule is COc1cccc(NCC2CCCN2Cc2ccccc2)c1. The Morgan fingerprint density at radius 1 is 1.14 bits per heavy atom. The van der Waals surface area contributed by atoms with Gasteiger partial charge < -0.3 is 10.1 Å². The second-order valence-corrected chi connectivity index (χ2v) is 5.86. The van der Waals surface area contributed by atoms with Crippen molar-refractivity contribution in [1.29, 1.82) is 0 Å². The lowest BCUT2D eigenvalue weighted by atomic mass is 10.1. The normalized spacial score (nSPS) is 18.3. The summed E-state index contributed by atoms with van der Waals surface area (Å²) in [5.41, 5.74) is 2.53. The predicted molar refractivity (Wildman–Crippen MR) is 91.4 cm³/mol. The number of anilines is 1. The highest BCUT2D eigenvalue weighted by Crippen LogP contribution is 2.22. The molecule has 1 aliphatic heterocycles. The van der Waals surface area contributed by atoms with Gasteiger partial charge in [-0.25, -0.2) is 0 Å². The lowest BCUT2D eigenvalue weighted by Gasteiger charge is -2.25. The summed E-state index contributed by atoms with van der Waals surface area (Å²) in [5.74, 6) is 0.901.